The maximum Gasteiger partial charge on any atom is -1.00 e. The van der Waals surface area contributed by atoms with Crippen LogP contribution in [0.5, 0.6) is 0 Å². The van der Waals surface area contributed by atoms with Gasteiger partial charge in [-0.05, 0) is 0 Å². The van der Waals surface area contributed by atoms with E-state index in [9.17, 15) is 0 Å². The summed E-state index contributed by atoms with van der Waals surface area (Å²) >= 11 is 2.22. The predicted octanol–water partition coefficient (Wildman–Crippen LogP) is -4.95. The number of halogens is 3. The van der Waals surface area contributed by atoms with Gasteiger partial charge >= 0.3 is 110 Å². The summed E-state index contributed by atoms with van der Waals surface area (Å²) in [5.41, 5.74) is 4.47. The number of hydrogen-bond acceptors (Lipinski definition) is 0. The minimum absolute atomic E-state index is 0. The van der Waals surface area contributed by atoms with Crippen molar-refractivity contribution in [3.63, 3.8) is 0 Å². The van der Waals surface area contributed by atoms with Crippen molar-refractivity contribution in [1.82, 2.24) is 0 Å². The van der Waals surface area contributed by atoms with Crippen LogP contribution in [0.25, 0.3) is 0 Å². The van der Waals surface area contributed by atoms with Crippen molar-refractivity contribution in [2.75, 3.05) is 0 Å². The molecule has 1 aliphatic carbocycles. The van der Waals surface area contributed by atoms with Crippen LogP contribution in [0.2, 0.25) is 0 Å². The molecule has 0 fully saturated rings. The van der Waals surface area contributed by atoms with Crippen LogP contribution in [-0.4, -0.2) is 0 Å². The average molecular weight is 352 g/mol. The Labute approximate surface area is 146 Å². The molecule has 0 N–H and O–H groups in total. The molecule has 0 aliphatic heterocycles. The first-order valence-corrected chi connectivity index (χ1v) is 6.49. The number of allylic oxidation sites excluding steroid dienone is 4. The molecule has 1 aromatic rings. The summed E-state index contributed by atoms with van der Waals surface area (Å²) < 4.78 is 1.44. The van der Waals surface area contributed by atoms with Crippen molar-refractivity contribution < 1.29 is 57.7 Å². The van der Waals surface area contributed by atoms with E-state index in [2.05, 4.69) is 77.6 Å². The van der Waals surface area contributed by atoms with Gasteiger partial charge in [0, 0.05) is 0 Å². The predicted molar refractivity (Wildman–Crippen MR) is 65.0 cm³/mol. The van der Waals surface area contributed by atoms with Crippen LogP contribution in [0.4, 0.5) is 0 Å². The molecule has 0 spiro atoms. The molecule has 0 heterocycles. The second kappa shape index (κ2) is 8.54. The van der Waals surface area contributed by atoms with Crippen LogP contribution < -0.4 is 37.2 Å². The molecular formula is C15H17Cl3Ti. The zero-order chi connectivity index (χ0) is 11.8. The molecule has 2 rings (SSSR count). The van der Waals surface area contributed by atoms with Gasteiger partial charge in [0.1, 0.15) is 0 Å². The van der Waals surface area contributed by atoms with Crippen LogP contribution in [-0.2, 0) is 25.9 Å². The third kappa shape index (κ3) is 4.65. The Morgan fingerprint density at radius 1 is 1.11 bits per heavy atom. The fourth-order valence-electron chi connectivity index (χ4n) is 2.31. The summed E-state index contributed by atoms with van der Waals surface area (Å²) in [5.74, 6) is 0. The van der Waals surface area contributed by atoms with Gasteiger partial charge < -0.3 is 37.2 Å². The maximum absolute atomic E-state index is 2.33. The molecule has 0 radical (unpaired) electrons. The van der Waals surface area contributed by atoms with Crippen molar-refractivity contribution in [2.24, 2.45) is 0 Å². The van der Waals surface area contributed by atoms with E-state index in [1.54, 1.807) is 5.57 Å². The van der Waals surface area contributed by atoms with E-state index >= 15 is 0 Å². The molecule has 1 aliphatic rings. The summed E-state index contributed by atoms with van der Waals surface area (Å²) in [5, 5.41) is 0. The van der Waals surface area contributed by atoms with E-state index < -0.39 is 0 Å². The molecule has 4 heteroatoms. The molecule has 0 nitrogen and oxygen atoms in total. The first-order valence-electron chi connectivity index (χ1n) is 5.71. The Morgan fingerprint density at radius 2 is 1.74 bits per heavy atom. The third-order valence-electron chi connectivity index (χ3n) is 3.43. The smallest absolute Gasteiger partial charge is 1.00 e. The molecule has 0 aromatic heterocycles. The van der Waals surface area contributed by atoms with Crippen molar-refractivity contribution >= 4 is 0 Å². The Balaban J connectivity index is 0. The Kier molecular flexibility index (Phi) is 9.70. The zero-order valence-electron chi connectivity index (χ0n) is 11.3. The average Bonchev–Trinajstić information content (AvgIpc) is 2.65. The number of benzene rings is 1. The summed E-state index contributed by atoms with van der Waals surface area (Å²) in [6.45, 7) is 6.81. The second-order valence-corrected chi connectivity index (χ2v) is 5.83. The van der Waals surface area contributed by atoms with Crippen molar-refractivity contribution in [1.29, 1.82) is 0 Å². The quantitative estimate of drug-likeness (QED) is 0.469. The van der Waals surface area contributed by atoms with E-state index in [1.807, 2.05) is 0 Å². The first-order chi connectivity index (χ1) is 7.51. The summed E-state index contributed by atoms with van der Waals surface area (Å²) in [6, 6.07) is 8.86. The fraction of sp³-hybridized carbons (Fsp3) is 0.333. The van der Waals surface area contributed by atoms with Crippen molar-refractivity contribution in [2.45, 2.75) is 32.6 Å². The van der Waals surface area contributed by atoms with Gasteiger partial charge in [-0.25, -0.2) is 0 Å². The Hall–Kier alpha value is 0.284. The molecule has 0 amide bonds. The SMILES string of the molecule is Cc1cccc(C(C)(C)C2=[C]([Ti+3])C=CC2)c1.[Cl-].[Cl-].[Cl-]. The van der Waals surface area contributed by atoms with Crippen LogP contribution in [0.15, 0.2) is 45.9 Å². The van der Waals surface area contributed by atoms with Gasteiger partial charge in [0.25, 0.3) is 0 Å². The maximum atomic E-state index is 2.33. The number of rotatable bonds is 2. The molecule has 0 bridgehead atoms. The molecule has 0 atom stereocenters. The normalized spacial score (nSPS) is 13.5. The minimum Gasteiger partial charge on any atom is -1.00 e. The standard InChI is InChI=1S/C15H17.3ClH.Ti/c1-12-7-6-10-14(11-12)15(2,3)13-8-4-5-9-13;;;;/h4-7,10-11H,8H2,1-3H3;3*1H;/q;;;;+3/p-3. The van der Waals surface area contributed by atoms with Crippen molar-refractivity contribution in [3.8, 4) is 0 Å². The molecular weight excluding hydrogens is 334 g/mol. The van der Waals surface area contributed by atoms with Crippen LogP contribution in [0.3, 0.4) is 0 Å². The Morgan fingerprint density at radius 3 is 2.21 bits per heavy atom. The van der Waals surface area contributed by atoms with Crippen molar-refractivity contribution in [3.05, 3.63) is 57.0 Å². The monoisotopic (exact) mass is 350 g/mol. The van der Waals surface area contributed by atoms with E-state index in [0.717, 1.165) is 6.42 Å². The first kappa shape index (κ1) is 21.6. The molecule has 1 aromatic carbocycles. The Bertz CT molecular complexity index is 476. The molecule has 0 saturated heterocycles. The second-order valence-electron chi connectivity index (χ2n) is 4.99. The van der Waals surface area contributed by atoms with Gasteiger partial charge in [-0.1, -0.05) is 0 Å². The van der Waals surface area contributed by atoms with Gasteiger partial charge in [-0.2, -0.15) is 0 Å². The summed E-state index contributed by atoms with van der Waals surface area (Å²) in [4.78, 5) is 0. The van der Waals surface area contributed by atoms with Crippen LogP contribution in [0, 0.1) is 6.92 Å². The van der Waals surface area contributed by atoms with Crippen LogP contribution >= 0.6 is 0 Å². The number of hydrogen-bond donors (Lipinski definition) is 0. The number of aryl methyl sites for hydroxylation is 1. The largest absolute Gasteiger partial charge is 1.00 e. The minimum atomic E-state index is 0. The summed E-state index contributed by atoms with van der Waals surface area (Å²) in [7, 11) is 0. The van der Waals surface area contributed by atoms with Gasteiger partial charge in [-0.15, -0.1) is 0 Å². The summed E-state index contributed by atoms with van der Waals surface area (Å²) in [6.07, 6.45) is 5.61. The van der Waals surface area contributed by atoms with Gasteiger partial charge in [-0.3, -0.25) is 0 Å². The molecule has 102 valence electrons. The van der Waals surface area contributed by atoms with E-state index in [4.69, 9.17) is 0 Å². The van der Waals surface area contributed by atoms with E-state index in [-0.39, 0.29) is 42.6 Å². The zero-order valence-corrected chi connectivity index (χ0v) is 15.1. The molecule has 0 saturated carbocycles. The van der Waals surface area contributed by atoms with E-state index in [1.165, 1.54) is 15.0 Å². The third-order valence-corrected chi connectivity index (χ3v) is 4.16. The van der Waals surface area contributed by atoms with E-state index in [0.29, 0.717) is 0 Å². The molecule has 0 unspecified atom stereocenters. The fourth-order valence-corrected chi connectivity index (χ4v) is 3.14. The van der Waals surface area contributed by atoms with Gasteiger partial charge in [0.2, 0.25) is 0 Å². The van der Waals surface area contributed by atoms with Gasteiger partial charge in [0.05, 0.1) is 0 Å². The van der Waals surface area contributed by atoms with Gasteiger partial charge in [0.15, 0.2) is 0 Å². The van der Waals surface area contributed by atoms with Crippen LogP contribution in [0.1, 0.15) is 31.4 Å². The molecule has 19 heavy (non-hydrogen) atoms. The topological polar surface area (TPSA) is 0 Å².